The summed E-state index contributed by atoms with van der Waals surface area (Å²) >= 11 is 0. The monoisotopic (exact) mass is 1600 g/mol. The molecule has 4 amide bonds. The van der Waals surface area contributed by atoms with Gasteiger partial charge in [-0.1, -0.05) is 68.7 Å². The van der Waals surface area contributed by atoms with Crippen LogP contribution in [-0.2, 0) is 97.7 Å². The van der Waals surface area contributed by atoms with Crippen molar-refractivity contribution < 1.29 is 95.2 Å². The van der Waals surface area contributed by atoms with Crippen molar-refractivity contribution in [1.82, 2.24) is 40.7 Å². The molecule has 2 atom stereocenters. The Labute approximate surface area is 640 Å². The van der Waals surface area contributed by atoms with Crippen LogP contribution in [0.2, 0.25) is 0 Å². The molecule has 5 aromatic carbocycles. The Morgan fingerprint density at radius 3 is 1.99 bits per heavy atom. The van der Waals surface area contributed by atoms with Crippen molar-refractivity contribution in [3.8, 4) is 5.75 Å². The predicted octanol–water partition coefficient (Wildman–Crippen LogP) is 8.06. The lowest BCUT2D eigenvalue weighted by atomic mass is 9.78. The molecule has 0 fully saturated rings. The Morgan fingerprint density at radius 1 is 0.700 bits per heavy atom. The number of sulfonamides is 1. The van der Waals surface area contributed by atoms with Crippen molar-refractivity contribution in [2.24, 2.45) is 11.0 Å². The highest BCUT2D eigenvalue weighted by molar-refractivity contribution is 7.89. The third-order valence-corrected chi connectivity index (χ3v) is 23.5. The summed E-state index contributed by atoms with van der Waals surface area (Å²) in [6, 6.07) is 15.4. The Hall–Kier alpha value is -9.08. The summed E-state index contributed by atoms with van der Waals surface area (Å²) in [4.78, 5) is 54.8. The maximum atomic E-state index is 13.9. The highest BCUT2D eigenvalue weighted by Gasteiger charge is 2.46. The summed E-state index contributed by atoms with van der Waals surface area (Å²) in [5.41, 5.74) is 14.3. The summed E-state index contributed by atoms with van der Waals surface area (Å²) in [5, 5.41) is 31.0. The lowest BCUT2D eigenvalue weighted by molar-refractivity contribution is -0.433. The number of nitrogens with zero attached hydrogens (tertiary/aromatic N) is 9. The molecule has 2 aliphatic heterocycles. The number of aryl methyl sites for hydroxylation is 1. The van der Waals surface area contributed by atoms with Gasteiger partial charge in [-0.15, -0.1) is 5.10 Å². The summed E-state index contributed by atoms with van der Waals surface area (Å²) in [6.07, 6.45) is 13.9. The molecule has 0 unspecified atom stereocenters. The van der Waals surface area contributed by atoms with Crippen LogP contribution in [0.15, 0.2) is 140 Å². The molecular weight excluding hydrogens is 1510 g/mol. The number of ether oxygens (including phenoxy) is 4. The number of hydrogen-bond donors (Lipinski definition) is 8. The molecule has 6 aromatic rings. The van der Waals surface area contributed by atoms with Gasteiger partial charge < -0.3 is 39.8 Å². The van der Waals surface area contributed by atoms with E-state index in [-0.39, 0.29) is 111 Å². The average molecular weight is 1600 g/mol. The van der Waals surface area contributed by atoms with Crippen LogP contribution in [0.5, 0.6) is 5.75 Å². The molecule has 0 bridgehead atoms. The highest BCUT2D eigenvalue weighted by Crippen LogP contribution is 2.52. The smallest absolute Gasteiger partial charge is 0.295 e. The number of methoxy groups -OCH3 is 1. The van der Waals surface area contributed by atoms with Crippen molar-refractivity contribution in [2.75, 3.05) is 84.4 Å². The van der Waals surface area contributed by atoms with Gasteiger partial charge in [-0.05, 0) is 165 Å². The molecule has 33 nitrogen and oxygen atoms in total. The fourth-order valence-electron chi connectivity index (χ4n) is 13.9. The van der Waals surface area contributed by atoms with E-state index in [1.165, 1.54) is 66.5 Å². The normalized spacial score (nSPS) is 15.3. The molecule has 0 radical (unpaired) electrons. The van der Waals surface area contributed by atoms with Gasteiger partial charge in [-0.2, -0.15) is 34.1 Å². The summed E-state index contributed by atoms with van der Waals surface area (Å²) < 4.78 is 161. The molecule has 0 aliphatic carbocycles. The van der Waals surface area contributed by atoms with Crippen LogP contribution >= 0.6 is 0 Å². The lowest BCUT2D eigenvalue weighted by Crippen LogP contribution is -2.51. The fraction of sp³-hybridized carbons (Fsp3) is 0.466. The standard InChI is InChI=1S/C73H95N13O20S4/c1-10-84-60-29-27-55-49(4)41-53(108(94,95)96)42-57(55)67(60)72(5,6)63(84)20-13-11-14-21-64-73(7,8)68-58-43-54(109(97,98)99)44-62(110(100,101)102)56(58)28-30-61(68)85(64)33-18-12-15-22-65(87)75-31-17-16-19-59(78-66(88)45-77-81-74)70(89)76-32-35-104-37-39-106-40-38-105-36-34-83-46-50(79-82-83)47-86(69(48(2)3)71(90)80-91)107(92,93)52-25-23-51(103-9)24-26-52/h11,13-14,20-21,23-30,41-44,46,48,59,69H,10,12,15-19,22,31-40,45,47H2,1-9H3,(H7-,75,76,78,79,80,82,87,88,89,90,91,94,95,96,97,98,99,100,101,102)/p+1/t59-,69+/m0/s1. The average Bonchev–Trinajstić information content (AvgIpc) is 1.58. The Bertz CT molecular complexity index is 5040. The highest BCUT2D eigenvalue weighted by atomic mass is 32.2. The molecule has 0 spiro atoms. The molecule has 37 heteroatoms. The van der Waals surface area contributed by atoms with E-state index in [0.29, 0.717) is 79.2 Å². The van der Waals surface area contributed by atoms with Crippen molar-refractivity contribution in [1.29, 1.82) is 0 Å². The number of hydroxylamine groups is 1. The van der Waals surface area contributed by atoms with E-state index in [4.69, 9.17) is 24.5 Å². The van der Waals surface area contributed by atoms with Gasteiger partial charge in [0.15, 0.2) is 5.71 Å². The third-order valence-electron chi connectivity index (χ3n) is 19.1. The second-order valence-corrected chi connectivity index (χ2v) is 33.8. The molecule has 2 aliphatic rings. The van der Waals surface area contributed by atoms with E-state index in [2.05, 4.69) is 54.7 Å². The van der Waals surface area contributed by atoms with E-state index in [1.54, 1.807) is 32.3 Å². The van der Waals surface area contributed by atoms with E-state index >= 15 is 0 Å². The van der Waals surface area contributed by atoms with Gasteiger partial charge in [0.05, 0.1) is 85.6 Å². The van der Waals surface area contributed by atoms with E-state index in [1.807, 2.05) is 68.2 Å². The summed E-state index contributed by atoms with van der Waals surface area (Å²) in [5.74, 6) is -2.40. The quantitative estimate of drug-likeness (QED) is 0.00207. The molecule has 0 saturated heterocycles. The summed E-state index contributed by atoms with van der Waals surface area (Å²) in [7, 11) is -17.3. The second-order valence-electron chi connectivity index (χ2n) is 27.7. The van der Waals surface area contributed by atoms with Gasteiger partial charge in [-0.25, -0.2) is 18.6 Å². The van der Waals surface area contributed by atoms with Crippen LogP contribution in [0.4, 0.5) is 11.4 Å². The van der Waals surface area contributed by atoms with Gasteiger partial charge in [0.1, 0.15) is 35.8 Å². The van der Waals surface area contributed by atoms with Crippen molar-refractivity contribution in [2.45, 2.75) is 156 Å². The first-order valence-electron chi connectivity index (χ1n) is 35.7. The zero-order valence-electron chi connectivity index (χ0n) is 62.7. The molecule has 0 saturated carbocycles. The van der Waals surface area contributed by atoms with Crippen molar-refractivity contribution in [3.05, 3.63) is 148 Å². The van der Waals surface area contributed by atoms with Gasteiger partial charge in [0.2, 0.25) is 33.4 Å². The lowest BCUT2D eigenvalue weighted by Gasteiger charge is -2.31. The van der Waals surface area contributed by atoms with Crippen molar-refractivity contribution in [3.63, 3.8) is 0 Å². The predicted molar refractivity (Wildman–Crippen MR) is 408 cm³/mol. The first-order chi connectivity index (χ1) is 52.0. The van der Waals surface area contributed by atoms with Crippen LogP contribution in [0.1, 0.15) is 116 Å². The van der Waals surface area contributed by atoms with Crippen molar-refractivity contribution >= 4 is 103 Å². The number of hydrogen-bond acceptors (Lipinski definition) is 21. The number of amides is 4. The molecule has 1 aromatic heterocycles. The molecule has 8 rings (SSSR count). The molecule has 3 heterocycles. The molecule has 596 valence electrons. The number of rotatable bonds is 42. The first kappa shape index (κ1) is 86.5. The number of unbranched alkanes of at least 4 members (excludes halogenated alkanes) is 3. The number of fused-ring (bicyclic) bond motifs is 6. The number of anilines is 1. The largest absolute Gasteiger partial charge is 0.497 e. The molecular formula is C73H96N13O20S4+. The van der Waals surface area contributed by atoms with E-state index < -0.39 is 103 Å². The number of carbonyl (C=O) groups is 4. The zero-order valence-corrected chi connectivity index (χ0v) is 66.0. The molecule has 110 heavy (non-hydrogen) atoms. The van der Waals surface area contributed by atoms with Gasteiger partial charge in [0, 0.05) is 77.1 Å². The van der Waals surface area contributed by atoms with Crippen LogP contribution in [0.25, 0.3) is 32.0 Å². The van der Waals surface area contributed by atoms with E-state index in [9.17, 15) is 71.7 Å². The zero-order chi connectivity index (χ0) is 80.5. The third kappa shape index (κ3) is 21.3. The minimum Gasteiger partial charge on any atom is -0.497 e. The SMILES string of the molecule is CC[N+]1=C(/C=C/C=C/C=C2/N(CCCCCC(=O)NCCCC[C@H](NC(=O)CN=[N+]=[N-])C(=O)NCCOCCOCCOCCn3cc(CN([C@@H](C(=O)NO)C(C)C)S(=O)(=O)c4ccc(OC)cc4)nn3)c3ccc4c(S(=O)(=O)O)cc(S(=O)(=O)O)cc4c3C2(C)C)C(C)(C)c2c1ccc1c(C)cc(S(=O)(=O)O)cc21. The topological polar surface area (TPSA) is 460 Å². The van der Waals surface area contributed by atoms with Gasteiger partial charge >= 0.3 is 0 Å². The maximum Gasteiger partial charge on any atom is 0.295 e. The van der Waals surface area contributed by atoms with Crippen LogP contribution in [0.3, 0.4) is 0 Å². The Morgan fingerprint density at radius 2 is 1.35 bits per heavy atom. The number of azide groups is 1. The Balaban J connectivity index is 0.789. The minimum atomic E-state index is -5.01. The minimum absolute atomic E-state index is 0.0367. The number of allylic oxidation sites excluding steroid dienone is 6. The van der Waals surface area contributed by atoms with E-state index in [0.717, 1.165) is 32.4 Å². The van der Waals surface area contributed by atoms with Gasteiger partial charge in [0.25, 0.3) is 36.3 Å². The number of aromatic nitrogens is 3. The number of benzene rings is 5. The second kappa shape index (κ2) is 37.8. The van der Waals surface area contributed by atoms with Crippen LogP contribution < -0.4 is 31.1 Å². The summed E-state index contributed by atoms with van der Waals surface area (Å²) in [6.45, 7) is 16.9. The van der Waals surface area contributed by atoms with Crippen LogP contribution in [-0.4, -0.2) is 197 Å². The fourth-order valence-corrected chi connectivity index (χ4v) is 17.5. The first-order valence-corrected chi connectivity index (χ1v) is 41.4. The molecule has 8 N–H and O–H groups in total. The maximum absolute atomic E-state index is 13.9. The number of nitrogens with one attached hydrogen (secondary N) is 4. The number of carbonyl (C=O) groups excluding carboxylic acids is 4. The van der Waals surface area contributed by atoms with Crippen LogP contribution in [0, 0.1) is 12.8 Å². The van der Waals surface area contributed by atoms with Gasteiger partial charge in [-0.3, -0.25) is 38.0 Å². The Kier molecular flexibility index (Phi) is 29.7.